The van der Waals surface area contributed by atoms with Crippen molar-refractivity contribution in [3.05, 3.63) is 11.1 Å². The molecule has 1 nitrogen and oxygen atoms in total. The third-order valence-electron chi connectivity index (χ3n) is 3.47. The number of allylic oxidation sites excluding steroid dienone is 1. The predicted octanol–water partition coefficient (Wildman–Crippen LogP) is 2.65. The average Bonchev–Trinajstić information content (AvgIpc) is 2.07. The van der Waals surface area contributed by atoms with Gasteiger partial charge in [-0.2, -0.15) is 0 Å². The van der Waals surface area contributed by atoms with Crippen LogP contribution in [0.5, 0.6) is 0 Å². The maximum absolute atomic E-state index is 9.79. The first-order valence-corrected chi connectivity index (χ1v) is 5.15. The van der Waals surface area contributed by atoms with Crippen LogP contribution in [0.1, 0.15) is 45.4 Å². The average molecular weight is 166 g/mol. The Kier molecular flexibility index (Phi) is 2.22. The summed E-state index contributed by atoms with van der Waals surface area (Å²) in [7, 11) is 0. The van der Waals surface area contributed by atoms with Gasteiger partial charge in [0.15, 0.2) is 0 Å². The van der Waals surface area contributed by atoms with Gasteiger partial charge in [0.25, 0.3) is 0 Å². The molecule has 2 unspecified atom stereocenters. The molecule has 0 aliphatic heterocycles. The highest BCUT2D eigenvalue weighted by molar-refractivity contribution is 5.21. The van der Waals surface area contributed by atoms with Crippen LogP contribution < -0.4 is 0 Å². The van der Waals surface area contributed by atoms with Crippen molar-refractivity contribution in [2.45, 2.75) is 51.6 Å². The first kappa shape index (κ1) is 8.31. The van der Waals surface area contributed by atoms with Crippen LogP contribution in [0.3, 0.4) is 0 Å². The van der Waals surface area contributed by atoms with Crippen LogP contribution in [-0.2, 0) is 0 Å². The van der Waals surface area contributed by atoms with Crippen molar-refractivity contribution in [1.82, 2.24) is 0 Å². The third-order valence-corrected chi connectivity index (χ3v) is 3.47. The molecule has 2 aliphatic rings. The van der Waals surface area contributed by atoms with Crippen molar-refractivity contribution in [2.24, 2.45) is 5.92 Å². The van der Waals surface area contributed by atoms with Gasteiger partial charge >= 0.3 is 0 Å². The molecule has 2 rings (SSSR count). The molecule has 12 heavy (non-hydrogen) atoms. The van der Waals surface area contributed by atoms with Gasteiger partial charge in [-0.05, 0) is 45.4 Å². The molecular formula is C11H18O. The third kappa shape index (κ3) is 1.31. The number of aliphatic hydroxyl groups excluding tert-OH is 1. The van der Waals surface area contributed by atoms with Crippen LogP contribution in [0.25, 0.3) is 0 Å². The Bertz CT molecular complexity index is 205. The second-order valence-corrected chi connectivity index (χ2v) is 4.26. The molecule has 0 radical (unpaired) electrons. The fraction of sp³-hybridized carbons (Fsp3) is 0.818. The van der Waals surface area contributed by atoms with E-state index in [9.17, 15) is 5.11 Å². The Balaban J connectivity index is 2.23. The smallest absolute Gasteiger partial charge is 0.0605 e. The SMILES string of the molecule is CC1=C2CCCC(O)C2CCC1. The van der Waals surface area contributed by atoms with E-state index in [1.54, 1.807) is 11.1 Å². The molecule has 1 fully saturated rings. The van der Waals surface area contributed by atoms with Gasteiger partial charge in [0.05, 0.1) is 6.10 Å². The summed E-state index contributed by atoms with van der Waals surface area (Å²) in [5.41, 5.74) is 3.17. The van der Waals surface area contributed by atoms with E-state index >= 15 is 0 Å². The normalized spacial score (nSPS) is 36.5. The Morgan fingerprint density at radius 3 is 2.67 bits per heavy atom. The van der Waals surface area contributed by atoms with Crippen LogP contribution in [0.15, 0.2) is 11.1 Å². The predicted molar refractivity (Wildman–Crippen MR) is 49.9 cm³/mol. The molecule has 0 saturated heterocycles. The van der Waals surface area contributed by atoms with E-state index in [0.717, 1.165) is 6.42 Å². The topological polar surface area (TPSA) is 20.2 Å². The number of hydrogen-bond acceptors (Lipinski definition) is 1. The van der Waals surface area contributed by atoms with E-state index < -0.39 is 0 Å². The lowest BCUT2D eigenvalue weighted by Gasteiger charge is -2.35. The minimum absolute atomic E-state index is 0.0241. The number of fused-ring (bicyclic) bond motifs is 1. The molecule has 0 spiro atoms. The molecule has 2 aliphatic carbocycles. The summed E-state index contributed by atoms with van der Waals surface area (Å²) in [4.78, 5) is 0. The summed E-state index contributed by atoms with van der Waals surface area (Å²) < 4.78 is 0. The van der Waals surface area contributed by atoms with Gasteiger partial charge in [-0.25, -0.2) is 0 Å². The number of aliphatic hydroxyl groups is 1. The maximum atomic E-state index is 9.79. The van der Waals surface area contributed by atoms with E-state index in [-0.39, 0.29) is 6.10 Å². The highest BCUT2D eigenvalue weighted by Gasteiger charge is 2.30. The Morgan fingerprint density at radius 1 is 1.17 bits per heavy atom. The molecule has 1 heteroatoms. The molecule has 0 heterocycles. The molecule has 1 N–H and O–H groups in total. The van der Waals surface area contributed by atoms with E-state index in [1.165, 1.54) is 32.1 Å². The van der Waals surface area contributed by atoms with Crippen LogP contribution >= 0.6 is 0 Å². The maximum Gasteiger partial charge on any atom is 0.0605 e. The van der Waals surface area contributed by atoms with E-state index in [1.807, 2.05) is 0 Å². The van der Waals surface area contributed by atoms with Crippen LogP contribution in [0.4, 0.5) is 0 Å². The zero-order valence-corrected chi connectivity index (χ0v) is 7.84. The minimum Gasteiger partial charge on any atom is -0.393 e. The molecule has 0 aromatic carbocycles. The summed E-state index contributed by atoms with van der Waals surface area (Å²) in [6.07, 6.45) is 7.26. The van der Waals surface area contributed by atoms with Gasteiger partial charge in [0.1, 0.15) is 0 Å². The van der Waals surface area contributed by atoms with E-state index in [2.05, 4.69) is 6.92 Å². The van der Waals surface area contributed by atoms with Gasteiger partial charge in [-0.1, -0.05) is 11.1 Å². The standard InChI is InChI=1S/C11H18O/c1-8-4-2-6-10-9(8)5-3-7-11(10)12/h10-12H,2-7H2,1H3. The van der Waals surface area contributed by atoms with Crippen molar-refractivity contribution < 1.29 is 5.11 Å². The Morgan fingerprint density at radius 2 is 1.92 bits per heavy atom. The first-order valence-electron chi connectivity index (χ1n) is 5.15. The van der Waals surface area contributed by atoms with Crippen molar-refractivity contribution >= 4 is 0 Å². The van der Waals surface area contributed by atoms with E-state index in [0.29, 0.717) is 5.92 Å². The summed E-state index contributed by atoms with van der Waals surface area (Å²) in [6.45, 7) is 2.25. The fourth-order valence-electron chi connectivity index (χ4n) is 2.76. The molecule has 1 saturated carbocycles. The Hall–Kier alpha value is -0.300. The highest BCUT2D eigenvalue weighted by Crippen LogP contribution is 2.39. The summed E-state index contributed by atoms with van der Waals surface area (Å²) in [5.74, 6) is 0.535. The second kappa shape index (κ2) is 3.21. The second-order valence-electron chi connectivity index (χ2n) is 4.26. The lowest BCUT2D eigenvalue weighted by atomic mass is 9.73. The molecule has 0 aromatic heterocycles. The number of hydrogen-bond donors (Lipinski definition) is 1. The molecule has 68 valence electrons. The van der Waals surface area contributed by atoms with Gasteiger partial charge in [-0.15, -0.1) is 0 Å². The van der Waals surface area contributed by atoms with Crippen LogP contribution in [-0.4, -0.2) is 11.2 Å². The zero-order chi connectivity index (χ0) is 8.55. The lowest BCUT2D eigenvalue weighted by molar-refractivity contribution is 0.0882. The summed E-state index contributed by atoms with van der Waals surface area (Å²) >= 11 is 0. The van der Waals surface area contributed by atoms with Gasteiger partial charge < -0.3 is 5.11 Å². The molecular weight excluding hydrogens is 148 g/mol. The first-order chi connectivity index (χ1) is 5.79. The minimum atomic E-state index is -0.0241. The monoisotopic (exact) mass is 166 g/mol. The van der Waals surface area contributed by atoms with Crippen molar-refractivity contribution in [1.29, 1.82) is 0 Å². The molecule has 0 bridgehead atoms. The lowest BCUT2D eigenvalue weighted by Crippen LogP contribution is -2.29. The van der Waals surface area contributed by atoms with E-state index in [4.69, 9.17) is 0 Å². The van der Waals surface area contributed by atoms with Gasteiger partial charge in [0.2, 0.25) is 0 Å². The largest absolute Gasteiger partial charge is 0.393 e. The van der Waals surface area contributed by atoms with Crippen LogP contribution in [0.2, 0.25) is 0 Å². The molecule has 2 atom stereocenters. The van der Waals surface area contributed by atoms with Crippen molar-refractivity contribution in [3.63, 3.8) is 0 Å². The Labute approximate surface area is 74.5 Å². The fourth-order valence-corrected chi connectivity index (χ4v) is 2.76. The van der Waals surface area contributed by atoms with Crippen LogP contribution in [0, 0.1) is 5.92 Å². The summed E-state index contributed by atoms with van der Waals surface area (Å²) in [5, 5.41) is 9.79. The molecule has 0 aromatic rings. The van der Waals surface area contributed by atoms with Gasteiger partial charge in [0, 0.05) is 5.92 Å². The van der Waals surface area contributed by atoms with Crippen molar-refractivity contribution in [2.75, 3.05) is 0 Å². The zero-order valence-electron chi connectivity index (χ0n) is 7.84. The molecule has 0 amide bonds. The summed E-state index contributed by atoms with van der Waals surface area (Å²) in [6, 6.07) is 0. The van der Waals surface area contributed by atoms with Crippen molar-refractivity contribution in [3.8, 4) is 0 Å². The number of rotatable bonds is 0. The highest BCUT2D eigenvalue weighted by atomic mass is 16.3. The van der Waals surface area contributed by atoms with Gasteiger partial charge in [-0.3, -0.25) is 0 Å². The quantitative estimate of drug-likeness (QED) is 0.548.